The molecule has 1 aliphatic carbocycles. The molecule has 4 N–H and O–H groups in total. The molecule has 1 aliphatic heterocycles. The highest BCUT2D eigenvalue weighted by atomic mass is 16.1. The molecule has 2 aliphatic rings. The van der Waals surface area contributed by atoms with Gasteiger partial charge in [-0.15, -0.1) is 0 Å². The van der Waals surface area contributed by atoms with Crippen molar-refractivity contribution in [2.24, 2.45) is 23.3 Å². The lowest BCUT2D eigenvalue weighted by Crippen LogP contribution is -2.52. The van der Waals surface area contributed by atoms with E-state index < -0.39 is 5.54 Å². The van der Waals surface area contributed by atoms with Gasteiger partial charge in [0.05, 0.1) is 0 Å². The molecule has 0 aromatic heterocycles. The number of fused-ring (bicyclic) bond motifs is 1. The van der Waals surface area contributed by atoms with Crippen LogP contribution in [0.4, 0.5) is 0 Å². The average Bonchev–Trinajstić information content (AvgIpc) is 2.69. The predicted molar refractivity (Wildman–Crippen MR) is 63.7 cm³/mol. The van der Waals surface area contributed by atoms with Crippen LogP contribution in [0.2, 0.25) is 0 Å². The first-order chi connectivity index (χ1) is 7.40. The Balaban J connectivity index is 2.03. The maximum absolute atomic E-state index is 11.3. The van der Waals surface area contributed by atoms with Crippen LogP contribution in [-0.2, 0) is 4.79 Å². The van der Waals surface area contributed by atoms with Crippen molar-refractivity contribution < 1.29 is 4.79 Å². The highest BCUT2D eigenvalue weighted by molar-refractivity contribution is 5.89. The third-order valence-corrected chi connectivity index (χ3v) is 5.15. The number of piperidine rings is 1. The Morgan fingerprint density at radius 3 is 2.12 bits per heavy atom. The van der Waals surface area contributed by atoms with Crippen LogP contribution in [0.3, 0.4) is 0 Å². The number of carbonyl (C=O) groups is 1. The zero-order valence-electron chi connectivity index (χ0n) is 10.5. The first kappa shape index (κ1) is 11.9. The molecule has 1 saturated carbocycles. The summed E-state index contributed by atoms with van der Waals surface area (Å²) in [6.45, 7) is 8.60. The number of carbonyl (C=O) groups excluding carboxylic acids is 1. The van der Waals surface area contributed by atoms with Crippen LogP contribution in [0.1, 0.15) is 33.6 Å². The maximum atomic E-state index is 11.3. The Labute approximate surface area is 97.3 Å². The van der Waals surface area contributed by atoms with Crippen LogP contribution in [0.5, 0.6) is 0 Å². The second-order valence-electron chi connectivity index (χ2n) is 5.62. The predicted octanol–water partition coefficient (Wildman–Crippen LogP) is 0.310. The molecule has 1 amide bonds. The quantitative estimate of drug-likeness (QED) is 0.723. The topological polar surface area (TPSA) is 72.3 Å². The molecule has 0 spiro atoms. The Hall–Kier alpha value is -0.610. The van der Waals surface area contributed by atoms with Crippen LogP contribution >= 0.6 is 0 Å². The van der Waals surface area contributed by atoms with E-state index in [1.165, 1.54) is 0 Å². The van der Waals surface area contributed by atoms with Crippen molar-refractivity contribution >= 4 is 5.91 Å². The molecule has 0 radical (unpaired) electrons. The summed E-state index contributed by atoms with van der Waals surface area (Å²) in [5.41, 5.74) is 10.9. The van der Waals surface area contributed by atoms with Gasteiger partial charge in [0, 0.05) is 30.5 Å². The molecule has 92 valence electrons. The second kappa shape index (κ2) is 3.44. The molecule has 4 heteroatoms. The highest BCUT2D eigenvalue weighted by Crippen LogP contribution is 2.55. The summed E-state index contributed by atoms with van der Waals surface area (Å²) in [4.78, 5) is 13.8. The summed E-state index contributed by atoms with van der Waals surface area (Å²) in [6.07, 6.45) is 2.27. The molecule has 2 fully saturated rings. The Kier molecular flexibility index (Phi) is 2.55. The van der Waals surface area contributed by atoms with Crippen molar-refractivity contribution in [1.82, 2.24) is 4.90 Å². The van der Waals surface area contributed by atoms with E-state index in [0.29, 0.717) is 11.8 Å². The van der Waals surface area contributed by atoms with E-state index in [4.69, 9.17) is 11.5 Å². The zero-order valence-corrected chi connectivity index (χ0v) is 10.5. The summed E-state index contributed by atoms with van der Waals surface area (Å²) < 4.78 is 0. The van der Waals surface area contributed by atoms with E-state index in [0.717, 1.165) is 25.9 Å². The van der Waals surface area contributed by atoms with E-state index in [1.807, 2.05) is 0 Å². The second-order valence-corrected chi connectivity index (χ2v) is 5.62. The maximum Gasteiger partial charge on any atom is 0.238 e. The van der Waals surface area contributed by atoms with Gasteiger partial charge in [0.2, 0.25) is 5.91 Å². The van der Waals surface area contributed by atoms with E-state index in [2.05, 4.69) is 25.7 Å². The monoisotopic (exact) mass is 225 g/mol. The van der Waals surface area contributed by atoms with E-state index in [9.17, 15) is 4.79 Å². The molecule has 2 rings (SSSR count). The van der Waals surface area contributed by atoms with Gasteiger partial charge in [0.1, 0.15) is 5.54 Å². The van der Waals surface area contributed by atoms with Crippen molar-refractivity contribution in [3.8, 4) is 0 Å². The molecule has 0 bridgehead atoms. The zero-order chi connectivity index (χ0) is 12.1. The number of primary amides is 1. The Bertz CT molecular complexity index is 299. The molecular formula is C12H23N3O. The van der Waals surface area contributed by atoms with Crippen LogP contribution in [0.15, 0.2) is 0 Å². The fourth-order valence-corrected chi connectivity index (χ4v) is 3.17. The molecule has 3 atom stereocenters. The Morgan fingerprint density at radius 1 is 1.38 bits per heavy atom. The molecule has 0 aromatic carbocycles. The van der Waals surface area contributed by atoms with Gasteiger partial charge in [-0.05, 0) is 19.8 Å². The third kappa shape index (κ3) is 1.32. The van der Waals surface area contributed by atoms with Gasteiger partial charge in [-0.1, -0.05) is 13.8 Å². The van der Waals surface area contributed by atoms with E-state index in [1.54, 1.807) is 0 Å². The van der Waals surface area contributed by atoms with Crippen molar-refractivity contribution in [3.05, 3.63) is 0 Å². The van der Waals surface area contributed by atoms with Crippen LogP contribution < -0.4 is 11.5 Å². The molecule has 4 nitrogen and oxygen atoms in total. The van der Waals surface area contributed by atoms with Crippen LogP contribution in [-0.4, -0.2) is 35.0 Å². The van der Waals surface area contributed by atoms with Gasteiger partial charge in [0.15, 0.2) is 0 Å². The minimum absolute atomic E-state index is 0.256. The van der Waals surface area contributed by atoms with Crippen molar-refractivity contribution in [1.29, 1.82) is 0 Å². The summed E-state index contributed by atoms with van der Waals surface area (Å²) in [6, 6.07) is 0. The fourth-order valence-electron chi connectivity index (χ4n) is 3.17. The van der Waals surface area contributed by atoms with E-state index >= 15 is 0 Å². The minimum atomic E-state index is -0.696. The van der Waals surface area contributed by atoms with Crippen LogP contribution in [0, 0.1) is 11.8 Å². The molecule has 1 saturated heterocycles. The summed E-state index contributed by atoms with van der Waals surface area (Å²) in [5, 5.41) is 0. The fraction of sp³-hybridized carbons (Fsp3) is 0.917. The minimum Gasteiger partial charge on any atom is -0.368 e. The molecule has 0 aromatic rings. The summed E-state index contributed by atoms with van der Waals surface area (Å²) >= 11 is 0. The number of hydrogen-bond donors (Lipinski definition) is 2. The van der Waals surface area contributed by atoms with Crippen molar-refractivity contribution in [2.75, 3.05) is 13.1 Å². The normalized spacial score (nSPS) is 38.5. The van der Waals surface area contributed by atoms with Gasteiger partial charge in [-0.3, -0.25) is 9.69 Å². The highest BCUT2D eigenvalue weighted by Gasteiger charge is 2.70. The lowest BCUT2D eigenvalue weighted by atomic mass is 9.92. The van der Waals surface area contributed by atoms with E-state index in [-0.39, 0.29) is 11.4 Å². The number of rotatable bonds is 4. The molecule has 0 unspecified atom stereocenters. The number of nitrogens with zero attached hydrogens (tertiary/aromatic N) is 1. The molecular weight excluding hydrogens is 202 g/mol. The van der Waals surface area contributed by atoms with Gasteiger partial charge < -0.3 is 11.5 Å². The first-order valence-corrected chi connectivity index (χ1v) is 6.24. The number of hydrogen-bond acceptors (Lipinski definition) is 3. The molecule has 16 heavy (non-hydrogen) atoms. The third-order valence-electron chi connectivity index (χ3n) is 5.15. The number of likely N-dealkylation sites (tertiary alicyclic amines) is 1. The smallest absolute Gasteiger partial charge is 0.238 e. The SMILES string of the molecule is CCC(C)(CC)N1C[C@@H]2[C@H](C1)[C@@]2(N)C(N)=O. The number of nitrogens with two attached hydrogens (primary N) is 2. The van der Waals surface area contributed by atoms with Gasteiger partial charge >= 0.3 is 0 Å². The van der Waals surface area contributed by atoms with Crippen molar-refractivity contribution in [2.45, 2.75) is 44.7 Å². The van der Waals surface area contributed by atoms with Crippen LogP contribution in [0.25, 0.3) is 0 Å². The number of amides is 1. The average molecular weight is 225 g/mol. The van der Waals surface area contributed by atoms with Gasteiger partial charge in [-0.25, -0.2) is 0 Å². The molecule has 1 heterocycles. The largest absolute Gasteiger partial charge is 0.368 e. The lowest BCUT2D eigenvalue weighted by Gasteiger charge is -2.39. The van der Waals surface area contributed by atoms with Crippen molar-refractivity contribution in [3.63, 3.8) is 0 Å². The standard InChI is InChI=1S/C12H23N3O/c1-4-11(3,5-2)15-6-8-9(7-15)12(8,14)10(13)16/h8-9H,4-7,14H2,1-3H3,(H2,13,16)/t8-,9+,12-. The van der Waals surface area contributed by atoms with Gasteiger partial charge in [-0.2, -0.15) is 0 Å². The summed E-state index contributed by atoms with van der Waals surface area (Å²) in [7, 11) is 0. The summed E-state index contributed by atoms with van der Waals surface area (Å²) in [5.74, 6) is 0.265. The lowest BCUT2D eigenvalue weighted by molar-refractivity contribution is -0.121. The Morgan fingerprint density at radius 2 is 1.81 bits per heavy atom. The van der Waals surface area contributed by atoms with Gasteiger partial charge in [0.25, 0.3) is 0 Å². The first-order valence-electron chi connectivity index (χ1n) is 6.24.